The van der Waals surface area contributed by atoms with Crippen molar-refractivity contribution in [1.29, 1.82) is 0 Å². The van der Waals surface area contributed by atoms with Crippen LogP contribution in [0.4, 0.5) is 0 Å². The van der Waals surface area contributed by atoms with E-state index in [2.05, 4.69) is 0 Å². The SMILES string of the molecule is COc1cc(Cl)cc(CN(CC(=O)O)C(C)(C)C)c1O. The summed E-state index contributed by atoms with van der Waals surface area (Å²) >= 11 is 5.98. The molecule has 0 spiro atoms. The third-order valence-electron chi connectivity index (χ3n) is 2.97. The van der Waals surface area contributed by atoms with Gasteiger partial charge in [-0.3, -0.25) is 9.69 Å². The molecule has 0 radical (unpaired) electrons. The average Bonchev–Trinajstić information content (AvgIpc) is 2.30. The number of aliphatic carboxylic acids is 1. The second-order valence-electron chi connectivity index (χ2n) is 5.54. The molecule has 0 saturated carbocycles. The van der Waals surface area contributed by atoms with Crippen LogP contribution in [0, 0.1) is 0 Å². The van der Waals surface area contributed by atoms with Gasteiger partial charge >= 0.3 is 5.97 Å². The number of nitrogens with zero attached hydrogens (tertiary/aromatic N) is 1. The summed E-state index contributed by atoms with van der Waals surface area (Å²) in [6.45, 7) is 5.87. The predicted octanol–water partition coefficient (Wildman–Crippen LogP) is 2.74. The molecule has 20 heavy (non-hydrogen) atoms. The van der Waals surface area contributed by atoms with Crippen LogP contribution in [0.1, 0.15) is 26.3 Å². The highest BCUT2D eigenvalue weighted by atomic mass is 35.5. The van der Waals surface area contributed by atoms with Gasteiger partial charge < -0.3 is 14.9 Å². The number of benzene rings is 1. The van der Waals surface area contributed by atoms with E-state index in [0.29, 0.717) is 10.6 Å². The number of methoxy groups -OCH3 is 1. The van der Waals surface area contributed by atoms with Crippen LogP contribution < -0.4 is 4.74 Å². The molecular formula is C14H20ClNO4. The van der Waals surface area contributed by atoms with Crippen LogP contribution in [0.2, 0.25) is 5.02 Å². The Bertz CT molecular complexity index is 497. The molecule has 1 rings (SSSR count). The number of halogens is 1. The molecule has 0 atom stereocenters. The van der Waals surface area contributed by atoms with Gasteiger partial charge in [0.1, 0.15) is 0 Å². The highest BCUT2D eigenvalue weighted by Crippen LogP contribution is 2.35. The predicted molar refractivity (Wildman–Crippen MR) is 77.5 cm³/mol. The third kappa shape index (κ3) is 4.28. The van der Waals surface area contributed by atoms with E-state index in [4.69, 9.17) is 21.4 Å². The number of carboxylic acid groups (broad SMARTS) is 1. The van der Waals surface area contributed by atoms with E-state index in [1.165, 1.54) is 13.2 Å². The summed E-state index contributed by atoms with van der Waals surface area (Å²) in [7, 11) is 1.44. The summed E-state index contributed by atoms with van der Waals surface area (Å²) in [4.78, 5) is 12.7. The maximum Gasteiger partial charge on any atom is 0.317 e. The van der Waals surface area contributed by atoms with Crippen LogP contribution in [-0.2, 0) is 11.3 Å². The molecule has 0 aromatic heterocycles. The molecule has 5 nitrogen and oxygen atoms in total. The van der Waals surface area contributed by atoms with Crippen molar-refractivity contribution < 1.29 is 19.7 Å². The van der Waals surface area contributed by atoms with Crippen LogP contribution in [-0.4, -0.2) is 40.3 Å². The molecule has 0 aliphatic carbocycles. The van der Waals surface area contributed by atoms with E-state index in [0.717, 1.165) is 0 Å². The summed E-state index contributed by atoms with van der Waals surface area (Å²) in [6, 6.07) is 3.12. The lowest BCUT2D eigenvalue weighted by molar-refractivity contribution is -0.139. The largest absolute Gasteiger partial charge is 0.504 e. The molecule has 0 unspecified atom stereocenters. The minimum Gasteiger partial charge on any atom is -0.504 e. The second-order valence-corrected chi connectivity index (χ2v) is 5.97. The zero-order chi connectivity index (χ0) is 15.5. The Morgan fingerprint density at radius 1 is 1.40 bits per heavy atom. The smallest absolute Gasteiger partial charge is 0.317 e. The molecule has 0 bridgehead atoms. The number of phenolic OH excluding ortho intramolecular Hbond substituents is 1. The van der Waals surface area contributed by atoms with Crippen molar-refractivity contribution in [3.63, 3.8) is 0 Å². The van der Waals surface area contributed by atoms with Gasteiger partial charge in [-0.2, -0.15) is 0 Å². The molecule has 0 saturated heterocycles. The van der Waals surface area contributed by atoms with Gasteiger partial charge in [-0.15, -0.1) is 0 Å². The summed E-state index contributed by atoms with van der Waals surface area (Å²) < 4.78 is 5.05. The first kappa shape index (κ1) is 16.6. The Labute approximate surface area is 123 Å². The van der Waals surface area contributed by atoms with E-state index in [9.17, 15) is 9.90 Å². The van der Waals surface area contributed by atoms with Crippen molar-refractivity contribution in [2.75, 3.05) is 13.7 Å². The molecule has 2 N–H and O–H groups in total. The molecule has 0 fully saturated rings. The van der Waals surface area contributed by atoms with Crippen molar-refractivity contribution >= 4 is 17.6 Å². The van der Waals surface area contributed by atoms with Crippen LogP contribution in [0.3, 0.4) is 0 Å². The fourth-order valence-electron chi connectivity index (χ4n) is 1.80. The van der Waals surface area contributed by atoms with E-state index < -0.39 is 5.97 Å². The first-order valence-electron chi connectivity index (χ1n) is 6.17. The minimum absolute atomic E-state index is 0.0171. The normalized spacial score (nSPS) is 11.7. The first-order valence-corrected chi connectivity index (χ1v) is 6.55. The third-order valence-corrected chi connectivity index (χ3v) is 3.19. The average molecular weight is 302 g/mol. The molecule has 6 heteroatoms. The van der Waals surface area contributed by atoms with Crippen molar-refractivity contribution in [3.8, 4) is 11.5 Å². The molecule has 0 amide bonds. The molecule has 0 aliphatic heterocycles. The van der Waals surface area contributed by atoms with Gasteiger partial charge in [-0.05, 0) is 26.8 Å². The monoisotopic (exact) mass is 301 g/mol. The number of carboxylic acids is 1. The van der Waals surface area contributed by atoms with Gasteiger partial charge in [0.05, 0.1) is 13.7 Å². The summed E-state index contributed by atoms with van der Waals surface area (Å²) in [5.74, 6) is -0.665. The Morgan fingerprint density at radius 3 is 2.45 bits per heavy atom. The van der Waals surface area contributed by atoms with Crippen LogP contribution in [0.5, 0.6) is 11.5 Å². The molecule has 1 aromatic rings. The molecule has 0 heterocycles. The standard InChI is InChI=1S/C14H20ClNO4/c1-14(2,3)16(8-12(17)18)7-9-5-10(15)6-11(20-4)13(9)19/h5-6,19H,7-8H2,1-4H3,(H,17,18). The lowest BCUT2D eigenvalue weighted by Gasteiger charge is -2.34. The van der Waals surface area contributed by atoms with Crippen LogP contribution >= 0.6 is 11.6 Å². The Morgan fingerprint density at radius 2 is 2.00 bits per heavy atom. The molecule has 0 aliphatic rings. The van der Waals surface area contributed by atoms with Crippen molar-refractivity contribution in [2.45, 2.75) is 32.9 Å². The molecule has 1 aromatic carbocycles. The number of ether oxygens (including phenoxy) is 1. The van der Waals surface area contributed by atoms with E-state index >= 15 is 0 Å². The van der Waals surface area contributed by atoms with Gasteiger partial charge in [0.15, 0.2) is 11.5 Å². The van der Waals surface area contributed by atoms with Crippen LogP contribution in [0.25, 0.3) is 0 Å². The number of carbonyl (C=O) groups is 1. The van der Waals surface area contributed by atoms with Crippen LogP contribution in [0.15, 0.2) is 12.1 Å². The quantitative estimate of drug-likeness (QED) is 0.875. The Balaban J connectivity index is 3.11. The second kappa shape index (κ2) is 6.33. The van der Waals surface area contributed by atoms with Crippen molar-refractivity contribution in [2.24, 2.45) is 0 Å². The minimum atomic E-state index is -0.923. The molecular weight excluding hydrogens is 282 g/mol. The van der Waals surface area contributed by atoms with E-state index in [-0.39, 0.29) is 30.1 Å². The fourth-order valence-corrected chi connectivity index (χ4v) is 2.03. The number of rotatable bonds is 5. The van der Waals surface area contributed by atoms with Gasteiger partial charge in [0.2, 0.25) is 0 Å². The van der Waals surface area contributed by atoms with Gasteiger partial charge in [-0.25, -0.2) is 0 Å². The van der Waals surface area contributed by atoms with Gasteiger partial charge in [0.25, 0.3) is 0 Å². The zero-order valence-corrected chi connectivity index (χ0v) is 12.9. The Hall–Kier alpha value is -1.46. The Kier molecular flexibility index (Phi) is 5.25. The number of hydrogen-bond acceptors (Lipinski definition) is 4. The van der Waals surface area contributed by atoms with Gasteiger partial charge in [0, 0.05) is 28.7 Å². The highest BCUT2D eigenvalue weighted by Gasteiger charge is 2.25. The topological polar surface area (TPSA) is 70.0 Å². The lowest BCUT2D eigenvalue weighted by atomic mass is 10.0. The number of phenols is 1. The maximum absolute atomic E-state index is 11.0. The van der Waals surface area contributed by atoms with Crippen molar-refractivity contribution in [1.82, 2.24) is 4.90 Å². The number of aromatic hydroxyl groups is 1. The number of hydrogen-bond donors (Lipinski definition) is 2. The summed E-state index contributed by atoms with van der Waals surface area (Å²) in [5, 5.41) is 19.5. The maximum atomic E-state index is 11.0. The van der Waals surface area contributed by atoms with E-state index in [1.807, 2.05) is 20.8 Å². The molecule has 112 valence electrons. The fraction of sp³-hybridized carbons (Fsp3) is 0.500. The first-order chi connectivity index (χ1) is 9.15. The highest BCUT2D eigenvalue weighted by molar-refractivity contribution is 6.30. The summed E-state index contributed by atoms with van der Waals surface area (Å²) in [6.07, 6.45) is 0. The van der Waals surface area contributed by atoms with E-state index in [1.54, 1.807) is 11.0 Å². The summed E-state index contributed by atoms with van der Waals surface area (Å²) in [5.41, 5.74) is 0.172. The van der Waals surface area contributed by atoms with Crippen molar-refractivity contribution in [3.05, 3.63) is 22.7 Å². The lowest BCUT2D eigenvalue weighted by Crippen LogP contribution is -2.43. The van der Waals surface area contributed by atoms with Gasteiger partial charge in [-0.1, -0.05) is 11.6 Å². The zero-order valence-electron chi connectivity index (χ0n) is 12.1.